The van der Waals surface area contributed by atoms with Crippen LogP contribution in [0.15, 0.2) is 6.07 Å². The Morgan fingerprint density at radius 1 is 1.52 bits per heavy atom. The number of ketones is 1. The number of halogens is 2. The third kappa shape index (κ3) is 2.81. The summed E-state index contributed by atoms with van der Waals surface area (Å²) in [6.07, 6.45) is -1.06. The highest BCUT2D eigenvalue weighted by Gasteiger charge is 2.37. The van der Waals surface area contributed by atoms with E-state index in [0.717, 1.165) is 4.90 Å². The van der Waals surface area contributed by atoms with Gasteiger partial charge in [0.05, 0.1) is 17.2 Å². The molecule has 1 amide bonds. The normalized spacial score (nSPS) is 14.8. The van der Waals surface area contributed by atoms with Gasteiger partial charge in [0.25, 0.3) is 0 Å². The standard InChI is InChI=1S/C14H15ClFNO4/c1-3-21-13-9(7(2)18)4-10(15)12(16)11(13)8-5-17(6-8)14(19)20/h4,8H,3,5-6H2,1-2H3,(H,19,20). The van der Waals surface area contributed by atoms with E-state index in [1.54, 1.807) is 6.92 Å². The summed E-state index contributed by atoms with van der Waals surface area (Å²) in [5.41, 5.74) is 0.402. The second-order valence-electron chi connectivity index (χ2n) is 4.84. The summed E-state index contributed by atoms with van der Waals surface area (Å²) in [6.45, 7) is 3.66. The Balaban J connectivity index is 2.47. The molecule has 0 aromatic heterocycles. The van der Waals surface area contributed by atoms with Gasteiger partial charge in [-0.3, -0.25) is 4.79 Å². The monoisotopic (exact) mass is 315 g/mol. The molecular weight excluding hydrogens is 301 g/mol. The van der Waals surface area contributed by atoms with Crippen LogP contribution < -0.4 is 4.74 Å². The number of hydrogen-bond acceptors (Lipinski definition) is 3. The number of rotatable bonds is 4. The highest BCUT2D eigenvalue weighted by atomic mass is 35.5. The van der Waals surface area contributed by atoms with Gasteiger partial charge in [0.1, 0.15) is 11.6 Å². The molecule has 2 rings (SSSR count). The molecule has 7 heteroatoms. The van der Waals surface area contributed by atoms with Crippen LogP contribution in [0.3, 0.4) is 0 Å². The van der Waals surface area contributed by atoms with Crippen LogP contribution in [0.25, 0.3) is 0 Å². The molecule has 1 aliphatic rings. The SMILES string of the molecule is CCOc1c(C(C)=O)cc(Cl)c(F)c1C1CN(C(=O)O)C1. The zero-order valence-electron chi connectivity index (χ0n) is 11.7. The number of hydrogen-bond donors (Lipinski definition) is 1. The molecule has 1 saturated heterocycles. The lowest BCUT2D eigenvalue weighted by Crippen LogP contribution is -2.48. The van der Waals surface area contributed by atoms with Crippen molar-refractivity contribution in [2.75, 3.05) is 19.7 Å². The number of benzene rings is 1. The summed E-state index contributed by atoms with van der Waals surface area (Å²) in [5, 5.41) is 8.70. The smallest absolute Gasteiger partial charge is 0.407 e. The van der Waals surface area contributed by atoms with E-state index in [0.29, 0.717) is 0 Å². The van der Waals surface area contributed by atoms with Crippen LogP contribution >= 0.6 is 11.6 Å². The third-order valence-electron chi connectivity index (χ3n) is 3.43. The topological polar surface area (TPSA) is 66.8 Å². The number of ether oxygens (including phenoxy) is 1. The number of carboxylic acid groups (broad SMARTS) is 1. The molecule has 0 spiro atoms. The average molecular weight is 316 g/mol. The van der Waals surface area contributed by atoms with Crippen molar-refractivity contribution in [2.45, 2.75) is 19.8 Å². The zero-order valence-corrected chi connectivity index (χ0v) is 12.4. The Hall–Kier alpha value is -1.82. The molecule has 1 N–H and O–H groups in total. The minimum atomic E-state index is -1.06. The third-order valence-corrected chi connectivity index (χ3v) is 3.71. The number of nitrogens with zero attached hydrogens (tertiary/aromatic N) is 1. The van der Waals surface area contributed by atoms with Crippen LogP contribution in [0.2, 0.25) is 5.02 Å². The number of likely N-dealkylation sites (tertiary alicyclic amines) is 1. The van der Waals surface area contributed by atoms with Crippen molar-refractivity contribution in [1.29, 1.82) is 0 Å². The van der Waals surface area contributed by atoms with Crippen molar-refractivity contribution in [3.8, 4) is 5.75 Å². The molecular formula is C14H15ClFNO4. The fourth-order valence-corrected chi connectivity index (χ4v) is 2.58. The van der Waals surface area contributed by atoms with Crippen molar-refractivity contribution in [3.63, 3.8) is 0 Å². The molecule has 0 saturated carbocycles. The lowest BCUT2D eigenvalue weighted by Gasteiger charge is -2.38. The summed E-state index contributed by atoms with van der Waals surface area (Å²) in [4.78, 5) is 23.7. The number of amides is 1. The largest absolute Gasteiger partial charge is 0.493 e. The van der Waals surface area contributed by atoms with E-state index < -0.39 is 11.9 Å². The van der Waals surface area contributed by atoms with Crippen molar-refractivity contribution in [2.24, 2.45) is 0 Å². The quantitative estimate of drug-likeness (QED) is 0.867. The molecule has 0 aliphatic carbocycles. The van der Waals surface area contributed by atoms with Gasteiger partial charge < -0.3 is 14.7 Å². The van der Waals surface area contributed by atoms with Crippen LogP contribution in [-0.4, -0.2) is 41.6 Å². The number of carbonyl (C=O) groups excluding carboxylic acids is 1. The summed E-state index contributed by atoms with van der Waals surface area (Å²) in [7, 11) is 0. The summed E-state index contributed by atoms with van der Waals surface area (Å²) in [6, 6.07) is 1.25. The van der Waals surface area contributed by atoms with Crippen LogP contribution in [0, 0.1) is 5.82 Å². The molecule has 0 atom stereocenters. The second-order valence-corrected chi connectivity index (χ2v) is 5.24. The van der Waals surface area contributed by atoms with Crippen molar-refractivity contribution in [1.82, 2.24) is 4.90 Å². The lowest BCUT2D eigenvalue weighted by molar-refractivity contribution is 0.0994. The highest BCUT2D eigenvalue weighted by molar-refractivity contribution is 6.31. The Kier molecular flexibility index (Phi) is 4.37. The molecule has 1 heterocycles. The number of carbonyl (C=O) groups is 2. The zero-order chi connectivity index (χ0) is 15.7. The minimum Gasteiger partial charge on any atom is -0.493 e. The van der Waals surface area contributed by atoms with E-state index in [4.69, 9.17) is 21.4 Å². The van der Waals surface area contributed by atoms with Crippen LogP contribution in [0.5, 0.6) is 5.75 Å². The van der Waals surface area contributed by atoms with E-state index in [1.807, 2.05) is 0 Å². The van der Waals surface area contributed by atoms with E-state index >= 15 is 0 Å². The van der Waals surface area contributed by atoms with E-state index in [9.17, 15) is 14.0 Å². The fourth-order valence-electron chi connectivity index (χ4n) is 2.37. The molecule has 0 bridgehead atoms. The Labute approximate surface area is 126 Å². The van der Waals surface area contributed by atoms with Crippen molar-refractivity contribution >= 4 is 23.5 Å². The van der Waals surface area contributed by atoms with Crippen LogP contribution in [0.1, 0.15) is 35.7 Å². The maximum absolute atomic E-state index is 14.3. The molecule has 1 aromatic rings. The Morgan fingerprint density at radius 3 is 2.62 bits per heavy atom. The molecule has 1 fully saturated rings. The van der Waals surface area contributed by atoms with Gasteiger partial charge in [-0.05, 0) is 19.9 Å². The molecule has 21 heavy (non-hydrogen) atoms. The molecule has 5 nitrogen and oxygen atoms in total. The first kappa shape index (κ1) is 15.6. The maximum Gasteiger partial charge on any atom is 0.407 e. The van der Waals surface area contributed by atoms with Gasteiger partial charge >= 0.3 is 6.09 Å². The Bertz CT molecular complexity index is 599. The van der Waals surface area contributed by atoms with Crippen LogP contribution in [0.4, 0.5) is 9.18 Å². The van der Waals surface area contributed by atoms with Gasteiger partial charge in [0.2, 0.25) is 0 Å². The van der Waals surface area contributed by atoms with Gasteiger partial charge in [-0.15, -0.1) is 0 Å². The van der Waals surface area contributed by atoms with Crippen molar-refractivity contribution in [3.05, 3.63) is 28.0 Å². The van der Waals surface area contributed by atoms with E-state index in [2.05, 4.69) is 0 Å². The summed E-state index contributed by atoms with van der Waals surface area (Å²) < 4.78 is 19.8. The van der Waals surface area contributed by atoms with Crippen molar-refractivity contribution < 1.29 is 23.8 Å². The first-order valence-electron chi connectivity index (χ1n) is 6.50. The second kappa shape index (κ2) is 5.89. The predicted molar refractivity (Wildman–Crippen MR) is 74.9 cm³/mol. The first-order chi connectivity index (χ1) is 9.86. The summed E-state index contributed by atoms with van der Waals surface area (Å²) in [5.74, 6) is -1.13. The van der Waals surface area contributed by atoms with E-state index in [1.165, 1.54) is 13.0 Å². The highest BCUT2D eigenvalue weighted by Crippen LogP contribution is 2.40. The average Bonchev–Trinajstić information content (AvgIpc) is 2.34. The molecule has 114 valence electrons. The van der Waals surface area contributed by atoms with Gasteiger partial charge in [-0.2, -0.15) is 0 Å². The maximum atomic E-state index is 14.3. The van der Waals surface area contributed by atoms with Gasteiger partial charge in [0, 0.05) is 24.6 Å². The Morgan fingerprint density at radius 2 is 2.14 bits per heavy atom. The molecule has 0 unspecified atom stereocenters. The minimum absolute atomic E-state index is 0.157. The van der Waals surface area contributed by atoms with E-state index in [-0.39, 0.29) is 53.3 Å². The first-order valence-corrected chi connectivity index (χ1v) is 6.88. The predicted octanol–water partition coefficient (Wildman–Crippen LogP) is 3.16. The molecule has 1 aromatic carbocycles. The molecule has 0 radical (unpaired) electrons. The number of Topliss-reactive ketones (excluding diaryl/α,β-unsaturated/α-hetero) is 1. The molecule has 1 aliphatic heterocycles. The van der Waals surface area contributed by atoms with Gasteiger partial charge in [0.15, 0.2) is 5.78 Å². The van der Waals surface area contributed by atoms with Gasteiger partial charge in [-0.25, -0.2) is 9.18 Å². The summed E-state index contributed by atoms with van der Waals surface area (Å²) >= 11 is 5.85. The van der Waals surface area contributed by atoms with Gasteiger partial charge in [-0.1, -0.05) is 11.6 Å². The lowest BCUT2D eigenvalue weighted by atomic mass is 9.88. The fraction of sp³-hybridized carbons (Fsp3) is 0.429. The van der Waals surface area contributed by atoms with Crippen LogP contribution in [-0.2, 0) is 0 Å².